The molecule has 35 heavy (non-hydrogen) atoms. The van der Waals surface area contributed by atoms with E-state index in [-0.39, 0.29) is 16.2 Å². The zero-order valence-corrected chi connectivity index (χ0v) is 22.8. The number of para-hydroxylation sites is 2. The number of fused-ring (bicyclic) bond motifs is 7. The van der Waals surface area contributed by atoms with Crippen molar-refractivity contribution in [3.8, 4) is 11.1 Å². The van der Waals surface area contributed by atoms with Gasteiger partial charge in [-0.3, -0.25) is 0 Å². The molecule has 0 saturated heterocycles. The van der Waals surface area contributed by atoms with E-state index in [4.69, 9.17) is 0 Å². The van der Waals surface area contributed by atoms with Gasteiger partial charge >= 0.3 is 0 Å². The number of hydrogen-bond acceptors (Lipinski definition) is 0. The standard InChI is InChI=1S/C33H30BrN/c1-31(2)25-17-24(27(34)18-26(25)32(3,4)33(31,5)6)19-14-15-21-23-12-9-11-22-20-10-7-8-13-28(20)35(30(22)23)29(21)16-19/h7-18H,1-6H3. The van der Waals surface area contributed by atoms with Gasteiger partial charge in [-0.05, 0) is 62.8 Å². The number of rotatable bonds is 1. The van der Waals surface area contributed by atoms with Gasteiger partial charge in [0.05, 0.1) is 16.6 Å². The minimum Gasteiger partial charge on any atom is -0.308 e. The monoisotopic (exact) mass is 519 g/mol. The normalized spacial score (nSPS) is 18.3. The van der Waals surface area contributed by atoms with E-state index < -0.39 is 0 Å². The lowest BCUT2D eigenvalue weighted by Gasteiger charge is -2.44. The Balaban J connectivity index is 1.54. The summed E-state index contributed by atoms with van der Waals surface area (Å²) in [5.41, 5.74) is 9.70. The number of nitrogens with zero attached hydrogens (tertiary/aromatic N) is 1. The molecule has 0 radical (unpaired) electrons. The highest BCUT2D eigenvalue weighted by molar-refractivity contribution is 9.10. The van der Waals surface area contributed by atoms with Crippen molar-refractivity contribution in [3.63, 3.8) is 0 Å². The molecule has 2 heteroatoms. The molecule has 0 fully saturated rings. The SMILES string of the molecule is CC1(C)c2cc(Br)c(-c3ccc4c5cccc6c7ccccc7n(c4c3)c65)cc2C(C)(C)C1(C)C. The third kappa shape index (κ3) is 2.40. The third-order valence-corrected chi connectivity index (χ3v) is 10.8. The molecule has 0 spiro atoms. The van der Waals surface area contributed by atoms with E-state index in [1.807, 2.05) is 0 Å². The van der Waals surface area contributed by atoms with Gasteiger partial charge in [-0.25, -0.2) is 0 Å². The topological polar surface area (TPSA) is 4.41 Å². The van der Waals surface area contributed by atoms with Crippen LogP contribution in [0.1, 0.15) is 52.7 Å². The molecule has 1 nitrogen and oxygen atoms in total. The van der Waals surface area contributed by atoms with Crippen molar-refractivity contribution in [3.05, 3.63) is 88.4 Å². The molecule has 4 aromatic carbocycles. The molecule has 0 bridgehead atoms. The average Bonchev–Trinajstić information content (AvgIpc) is 3.37. The lowest BCUT2D eigenvalue weighted by Crippen LogP contribution is -2.42. The van der Waals surface area contributed by atoms with Gasteiger partial charge in [0.2, 0.25) is 0 Å². The smallest absolute Gasteiger partial charge is 0.0620 e. The van der Waals surface area contributed by atoms with Crippen molar-refractivity contribution in [1.29, 1.82) is 0 Å². The van der Waals surface area contributed by atoms with Crippen LogP contribution in [0.5, 0.6) is 0 Å². The van der Waals surface area contributed by atoms with Crippen LogP contribution in [0.15, 0.2) is 77.3 Å². The maximum Gasteiger partial charge on any atom is 0.0620 e. The van der Waals surface area contributed by atoms with Gasteiger partial charge < -0.3 is 4.40 Å². The molecule has 0 unspecified atom stereocenters. The third-order valence-electron chi connectivity index (χ3n) is 10.1. The van der Waals surface area contributed by atoms with Gasteiger partial charge in [-0.1, -0.05) is 106 Å². The first kappa shape index (κ1) is 21.4. The summed E-state index contributed by atoms with van der Waals surface area (Å²) in [5.74, 6) is 0. The maximum atomic E-state index is 3.98. The van der Waals surface area contributed by atoms with Gasteiger partial charge in [-0.15, -0.1) is 0 Å². The second-order valence-electron chi connectivity index (χ2n) is 12.0. The molecular weight excluding hydrogens is 490 g/mol. The number of benzene rings is 4. The predicted octanol–water partition coefficient (Wildman–Crippen LogP) is 9.86. The van der Waals surface area contributed by atoms with E-state index in [0.29, 0.717) is 0 Å². The van der Waals surface area contributed by atoms with Crippen LogP contribution in [0.2, 0.25) is 0 Å². The van der Waals surface area contributed by atoms with Crippen LogP contribution in [-0.4, -0.2) is 4.40 Å². The fraction of sp³-hybridized carbons (Fsp3) is 0.273. The Kier molecular flexibility index (Phi) is 3.97. The fourth-order valence-electron chi connectivity index (χ4n) is 6.88. The number of aromatic nitrogens is 1. The Bertz CT molecular complexity index is 1830. The van der Waals surface area contributed by atoms with Crippen LogP contribution in [0.25, 0.3) is 49.2 Å². The molecule has 2 aromatic heterocycles. The second-order valence-corrected chi connectivity index (χ2v) is 12.9. The molecule has 0 atom stereocenters. The van der Waals surface area contributed by atoms with Crippen molar-refractivity contribution < 1.29 is 0 Å². The molecule has 174 valence electrons. The van der Waals surface area contributed by atoms with Crippen molar-refractivity contribution >= 4 is 54.0 Å². The summed E-state index contributed by atoms with van der Waals surface area (Å²) in [6.07, 6.45) is 0. The average molecular weight is 521 g/mol. The summed E-state index contributed by atoms with van der Waals surface area (Å²) < 4.78 is 3.65. The minimum atomic E-state index is 0.0804. The largest absolute Gasteiger partial charge is 0.308 e. The van der Waals surface area contributed by atoms with E-state index in [2.05, 4.69) is 135 Å². The van der Waals surface area contributed by atoms with E-state index in [0.717, 1.165) is 0 Å². The Morgan fingerprint density at radius 3 is 1.91 bits per heavy atom. The summed E-state index contributed by atoms with van der Waals surface area (Å²) in [4.78, 5) is 0. The highest BCUT2D eigenvalue weighted by Crippen LogP contribution is 2.62. The molecule has 6 aromatic rings. The molecule has 2 heterocycles. The Morgan fingerprint density at radius 1 is 0.600 bits per heavy atom. The zero-order valence-electron chi connectivity index (χ0n) is 21.3. The molecule has 1 aliphatic carbocycles. The van der Waals surface area contributed by atoms with Crippen LogP contribution >= 0.6 is 15.9 Å². The van der Waals surface area contributed by atoms with E-state index in [1.165, 1.54) is 64.8 Å². The van der Waals surface area contributed by atoms with Crippen LogP contribution in [0, 0.1) is 5.41 Å². The zero-order chi connectivity index (χ0) is 24.5. The van der Waals surface area contributed by atoms with Gasteiger partial charge in [0.15, 0.2) is 0 Å². The van der Waals surface area contributed by atoms with Crippen LogP contribution < -0.4 is 0 Å². The molecule has 0 aliphatic heterocycles. The van der Waals surface area contributed by atoms with Crippen molar-refractivity contribution in [2.75, 3.05) is 0 Å². The molecule has 0 saturated carbocycles. The Labute approximate surface area is 215 Å². The minimum absolute atomic E-state index is 0.0804. The highest BCUT2D eigenvalue weighted by atomic mass is 79.9. The summed E-state index contributed by atoms with van der Waals surface area (Å²) in [6, 6.07) is 27.4. The van der Waals surface area contributed by atoms with Crippen LogP contribution in [0.4, 0.5) is 0 Å². The van der Waals surface area contributed by atoms with Crippen molar-refractivity contribution in [2.24, 2.45) is 5.41 Å². The van der Waals surface area contributed by atoms with Crippen molar-refractivity contribution in [2.45, 2.75) is 52.4 Å². The van der Waals surface area contributed by atoms with Crippen molar-refractivity contribution in [1.82, 2.24) is 4.40 Å². The van der Waals surface area contributed by atoms with E-state index in [9.17, 15) is 0 Å². The fourth-order valence-corrected chi connectivity index (χ4v) is 7.45. The summed E-state index contributed by atoms with van der Waals surface area (Å²) in [7, 11) is 0. The summed E-state index contributed by atoms with van der Waals surface area (Å²) in [6.45, 7) is 14.5. The Morgan fingerprint density at radius 2 is 1.20 bits per heavy atom. The molecule has 0 amide bonds. The second kappa shape index (κ2) is 6.48. The molecule has 1 aliphatic rings. The first-order chi connectivity index (χ1) is 16.6. The van der Waals surface area contributed by atoms with Gasteiger partial charge in [-0.2, -0.15) is 0 Å². The van der Waals surface area contributed by atoms with Crippen LogP contribution in [0.3, 0.4) is 0 Å². The van der Waals surface area contributed by atoms with E-state index >= 15 is 0 Å². The lowest BCUT2D eigenvalue weighted by atomic mass is 9.59. The molecular formula is C33H30BrN. The Hall–Kier alpha value is -2.84. The predicted molar refractivity (Wildman–Crippen MR) is 154 cm³/mol. The summed E-state index contributed by atoms with van der Waals surface area (Å²) >= 11 is 3.98. The van der Waals surface area contributed by atoms with Gasteiger partial charge in [0.1, 0.15) is 0 Å². The van der Waals surface area contributed by atoms with Crippen LogP contribution in [-0.2, 0) is 10.8 Å². The molecule has 7 rings (SSSR count). The number of hydrogen-bond donors (Lipinski definition) is 0. The highest BCUT2D eigenvalue weighted by Gasteiger charge is 2.56. The first-order valence-corrected chi connectivity index (χ1v) is 13.4. The van der Waals surface area contributed by atoms with E-state index in [1.54, 1.807) is 0 Å². The quantitative estimate of drug-likeness (QED) is 0.203. The number of halogens is 1. The maximum absolute atomic E-state index is 3.98. The van der Waals surface area contributed by atoms with Gasteiger partial charge in [0.25, 0.3) is 0 Å². The molecule has 0 N–H and O–H groups in total. The lowest BCUT2D eigenvalue weighted by molar-refractivity contribution is 0.125. The summed E-state index contributed by atoms with van der Waals surface area (Å²) in [5, 5.41) is 5.31. The van der Waals surface area contributed by atoms with Gasteiger partial charge in [0, 0.05) is 26.0 Å². The first-order valence-electron chi connectivity index (χ1n) is 12.6.